The molecular formula is C13H22N2O. The van der Waals surface area contributed by atoms with E-state index in [0.29, 0.717) is 18.0 Å². The highest BCUT2D eigenvalue weighted by molar-refractivity contribution is 5.11. The quantitative estimate of drug-likeness (QED) is 0.854. The van der Waals surface area contributed by atoms with Gasteiger partial charge in [0.15, 0.2) is 0 Å². The van der Waals surface area contributed by atoms with E-state index in [2.05, 4.69) is 24.8 Å². The SMILES string of the molecule is CC1CCCN(C(C)c2ccoc2)C1CN. The van der Waals surface area contributed by atoms with Crippen molar-refractivity contribution in [3.63, 3.8) is 0 Å². The van der Waals surface area contributed by atoms with Crippen molar-refractivity contribution in [1.82, 2.24) is 4.90 Å². The molecule has 0 spiro atoms. The van der Waals surface area contributed by atoms with Gasteiger partial charge in [-0.25, -0.2) is 0 Å². The van der Waals surface area contributed by atoms with Gasteiger partial charge in [-0.15, -0.1) is 0 Å². The summed E-state index contributed by atoms with van der Waals surface area (Å²) in [6.07, 6.45) is 6.17. The number of nitrogens with two attached hydrogens (primary N) is 1. The van der Waals surface area contributed by atoms with Crippen molar-refractivity contribution in [3.05, 3.63) is 24.2 Å². The highest BCUT2D eigenvalue weighted by Gasteiger charge is 2.31. The molecule has 3 unspecified atom stereocenters. The van der Waals surface area contributed by atoms with Crippen molar-refractivity contribution in [2.24, 2.45) is 11.7 Å². The molecule has 16 heavy (non-hydrogen) atoms. The van der Waals surface area contributed by atoms with E-state index in [9.17, 15) is 0 Å². The van der Waals surface area contributed by atoms with Crippen LogP contribution in [0, 0.1) is 5.92 Å². The predicted octanol–water partition coefficient (Wildman–Crippen LogP) is 2.40. The Hall–Kier alpha value is -0.800. The fourth-order valence-electron chi connectivity index (χ4n) is 2.83. The minimum Gasteiger partial charge on any atom is -0.472 e. The molecule has 3 atom stereocenters. The third kappa shape index (κ3) is 2.15. The molecule has 0 aromatic carbocycles. The maximum Gasteiger partial charge on any atom is 0.0950 e. The number of likely N-dealkylation sites (tertiary alicyclic amines) is 1. The summed E-state index contributed by atoms with van der Waals surface area (Å²) in [6.45, 7) is 6.46. The van der Waals surface area contributed by atoms with Gasteiger partial charge < -0.3 is 10.2 Å². The number of nitrogens with zero attached hydrogens (tertiary/aromatic N) is 1. The molecule has 1 aromatic rings. The molecule has 3 nitrogen and oxygen atoms in total. The lowest BCUT2D eigenvalue weighted by Gasteiger charge is -2.42. The van der Waals surface area contributed by atoms with Crippen LogP contribution in [0.4, 0.5) is 0 Å². The molecule has 1 fully saturated rings. The van der Waals surface area contributed by atoms with E-state index in [1.165, 1.54) is 18.4 Å². The van der Waals surface area contributed by atoms with Crippen LogP contribution in [0.3, 0.4) is 0 Å². The lowest BCUT2D eigenvalue weighted by Crippen LogP contribution is -2.49. The third-order valence-corrected chi connectivity index (χ3v) is 3.92. The second-order valence-electron chi connectivity index (χ2n) is 4.89. The molecule has 1 saturated heterocycles. The minimum atomic E-state index is 0.412. The fraction of sp³-hybridized carbons (Fsp3) is 0.692. The van der Waals surface area contributed by atoms with Crippen molar-refractivity contribution in [2.45, 2.75) is 38.8 Å². The van der Waals surface area contributed by atoms with Crippen LogP contribution in [-0.2, 0) is 0 Å². The Morgan fingerprint density at radius 3 is 3.06 bits per heavy atom. The zero-order valence-electron chi connectivity index (χ0n) is 10.2. The van der Waals surface area contributed by atoms with Crippen LogP contribution in [0.1, 0.15) is 38.3 Å². The molecule has 0 bridgehead atoms. The molecule has 0 amide bonds. The lowest BCUT2D eigenvalue weighted by molar-refractivity contribution is 0.0687. The van der Waals surface area contributed by atoms with Gasteiger partial charge in [0.1, 0.15) is 0 Å². The molecule has 1 aromatic heterocycles. The summed E-state index contributed by atoms with van der Waals surface area (Å²) in [5.41, 5.74) is 7.17. The van der Waals surface area contributed by atoms with Gasteiger partial charge in [0.25, 0.3) is 0 Å². The predicted molar refractivity (Wildman–Crippen MR) is 65.1 cm³/mol. The first-order chi connectivity index (χ1) is 7.74. The summed E-state index contributed by atoms with van der Waals surface area (Å²) in [5.74, 6) is 0.702. The average molecular weight is 222 g/mol. The molecule has 3 heteroatoms. The summed E-state index contributed by atoms with van der Waals surface area (Å²) >= 11 is 0. The second kappa shape index (κ2) is 5.02. The highest BCUT2D eigenvalue weighted by Crippen LogP contribution is 2.31. The fourth-order valence-corrected chi connectivity index (χ4v) is 2.83. The van der Waals surface area contributed by atoms with Gasteiger partial charge in [-0.05, 0) is 38.3 Å². The van der Waals surface area contributed by atoms with Crippen LogP contribution in [0.5, 0.6) is 0 Å². The van der Waals surface area contributed by atoms with Gasteiger partial charge in [0.2, 0.25) is 0 Å². The van der Waals surface area contributed by atoms with Gasteiger partial charge >= 0.3 is 0 Å². The van der Waals surface area contributed by atoms with E-state index in [1.807, 2.05) is 6.26 Å². The monoisotopic (exact) mass is 222 g/mol. The molecule has 2 rings (SSSR count). The van der Waals surface area contributed by atoms with Crippen LogP contribution in [0.15, 0.2) is 23.0 Å². The Bertz CT molecular complexity index is 310. The van der Waals surface area contributed by atoms with E-state index in [-0.39, 0.29) is 0 Å². The van der Waals surface area contributed by atoms with Gasteiger partial charge in [0, 0.05) is 24.2 Å². The Labute approximate surface area is 97.6 Å². The largest absolute Gasteiger partial charge is 0.472 e. The Balaban J connectivity index is 2.12. The summed E-state index contributed by atoms with van der Waals surface area (Å²) in [6, 6.07) is 2.98. The smallest absolute Gasteiger partial charge is 0.0950 e. The number of rotatable bonds is 3. The van der Waals surface area contributed by atoms with Crippen molar-refractivity contribution in [1.29, 1.82) is 0 Å². The zero-order chi connectivity index (χ0) is 11.5. The van der Waals surface area contributed by atoms with Crippen molar-refractivity contribution >= 4 is 0 Å². The minimum absolute atomic E-state index is 0.412. The van der Waals surface area contributed by atoms with E-state index in [0.717, 1.165) is 13.1 Å². The number of hydrogen-bond acceptors (Lipinski definition) is 3. The Morgan fingerprint density at radius 1 is 1.62 bits per heavy atom. The van der Waals surface area contributed by atoms with Gasteiger partial charge in [-0.3, -0.25) is 4.90 Å². The van der Waals surface area contributed by atoms with E-state index >= 15 is 0 Å². The molecule has 1 aliphatic rings. The summed E-state index contributed by atoms with van der Waals surface area (Å²) < 4.78 is 5.16. The van der Waals surface area contributed by atoms with Gasteiger partial charge in [-0.1, -0.05) is 6.92 Å². The average Bonchev–Trinajstić information content (AvgIpc) is 2.81. The molecule has 2 N–H and O–H groups in total. The number of piperidine rings is 1. The highest BCUT2D eigenvalue weighted by atomic mass is 16.3. The molecule has 90 valence electrons. The zero-order valence-corrected chi connectivity index (χ0v) is 10.2. The molecule has 1 aliphatic heterocycles. The molecule has 2 heterocycles. The Kier molecular flexibility index (Phi) is 3.66. The Morgan fingerprint density at radius 2 is 2.44 bits per heavy atom. The first kappa shape index (κ1) is 11.7. The molecule has 0 saturated carbocycles. The number of furan rings is 1. The normalized spacial score (nSPS) is 29.2. The van der Waals surface area contributed by atoms with Crippen molar-refractivity contribution in [2.75, 3.05) is 13.1 Å². The number of hydrogen-bond donors (Lipinski definition) is 1. The summed E-state index contributed by atoms with van der Waals surface area (Å²) in [5, 5.41) is 0. The molecular weight excluding hydrogens is 200 g/mol. The van der Waals surface area contributed by atoms with E-state index in [4.69, 9.17) is 10.2 Å². The first-order valence-electron chi connectivity index (χ1n) is 6.22. The van der Waals surface area contributed by atoms with Gasteiger partial charge in [-0.2, -0.15) is 0 Å². The molecule has 0 radical (unpaired) electrons. The second-order valence-corrected chi connectivity index (χ2v) is 4.89. The summed E-state index contributed by atoms with van der Waals surface area (Å²) in [4.78, 5) is 2.53. The van der Waals surface area contributed by atoms with Crippen LogP contribution < -0.4 is 5.73 Å². The third-order valence-electron chi connectivity index (χ3n) is 3.92. The maximum absolute atomic E-state index is 5.91. The topological polar surface area (TPSA) is 42.4 Å². The molecule has 0 aliphatic carbocycles. The van der Waals surface area contributed by atoms with Crippen LogP contribution in [0.25, 0.3) is 0 Å². The van der Waals surface area contributed by atoms with Crippen molar-refractivity contribution in [3.8, 4) is 0 Å². The van der Waals surface area contributed by atoms with Crippen molar-refractivity contribution < 1.29 is 4.42 Å². The van der Waals surface area contributed by atoms with Crippen LogP contribution in [0.2, 0.25) is 0 Å². The van der Waals surface area contributed by atoms with Crippen LogP contribution in [-0.4, -0.2) is 24.0 Å². The maximum atomic E-state index is 5.91. The lowest BCUT2D eigenvalue weighted by atomic mass is 9.89. The summed E-state index contributed by atoms with van der Waals surface area (Å²) in [7, 11) is 0. The standard InChI is InChI=1S/C13H22N2O/c1-10-4-3-6-15(13(10)8-14)11(2)12-5-7-16-9-12/h5,7,9-11,13H,3-4,6,8,14H2,1-2H3. The van der Waals surface area contributed by atoms with Gasteiger partial charge in [0.05, 0.1) is 12.5 Å². The van der Waals surface area contributed by atoms with E-state index in [1.54, 1.807) is 6.26 Å². The van der Waals surface area contributed by atoms with E-state index < -0.39 is 0 Å². The van der Waals surface area contributed by atoms with Crippen LogP contribution >= 0.6 is 0 Å². The first-order valence-corrected chi connectivity index (χ1v) is 6.22.